The summed E-state index contributed by atoms with van der Waals surface area (Å²) in [6.07, 6.45) is 2.62. The third-order valence-electron chi connectivity index (χ3n) is 3.32. The van der Waals surface area contributed by atoms with Crippen LogP contribution in [0.2, 0.25) is 0 Å². The smallest absolute Gasteiger partial charge is 0.124 e. The maximum absolute atomic E-state index is 6.19. The van der Waals surface area contributed by atoms with Gasteiger partial charge in [0, 0.05) is 5.56 Å². The van der Waals surface area contributed by atoms with E-state index in [1.807, 2.05) is 24.3 Å². The molecule has 1 aromatic rings. The summed E-state index contributed by atoms with van der Waals surface area (Å²) in [7, 11) is 0. The molecule has 1 fully saturated rings. The molecule has 0 unspecified atom stereocenters. The van der Waals surface area contributed by atoms with Gasteiger partial charge in [0.05, 0.1) is 12.6 Å². The molecule has 1 heterocycles. The zero-order chi connectivity index (χ0) is 11.0. The van der Waals surface area contributed by atoms with Gasteiger partial charge >= 0.3 is 0 Å². The topological polar surface area (TPSA) is 44.5 Å². The zero-order valence-corrected chi connectivity index (χ0v) is 9.26. The summed E-state index contributed by atoms with van der Waals surface area (Å²) >= 11 is 0. The van der Waals surface area contributed by atoms with E-state index in [1.54, 1.807) is 0 Å². The van der Waals surface area contributed by atoms with Gasteiger partial charge in [0.15, 0.2) is 0 Å². The average Bonchev–Trinajstić information content (AvgIpc) is 3.13. The van der Waals surface area contributed by atoms with Gasteiger partial charge < -0.3 is 15.2 Å². The van der Waals surface area contributed by atoms with Crippen LogP contribution in [0.3, 0.4) is 0 Å². The zero-order valence-electron chi connectivity index (χ0n) is 9.26. The van der Waals surface area contributed by atoms with Crippen molar-refractivity contribution in [2.45, 2.75) is 25.0 Å². The van der Waals surface area contributed by atoms with Gasteiger partial charge in [0.1, 0.15) is 18.5 Å². The van der Waals surface area contributed by atoms with E-state index in [0.29, 0.717) is 6.61 Å². The van der Waals surface area contributed by atoms with Crippen LogP contribution in [-0.4, -0.2) is 19.3 Å². The summed E-state index contributed by atoms with van der Waals surface area (Å²) in [6.45, 7) is 1.41. The second-order valence-electron chi connectivity index (χ2n) is 4.69. The van der Waals surface area contributed by atoms with Crippen LogP contribution in [0.15, 0.2) is 24.3 Å². The summed E-state index contributed by atoms with van der Waals surface area (Å²) in [6, 6.07) is 7.89. The fraction of sp³-hybridized carbons (Fsp3) is 0.538. The van der Waals surface area contributed by atoms with Crippen LogP contribution in [0.4, 0.5) is 0 Å². The Morgan fingerprint density at radius 3 is 2.94 bits per heavy atom. The number of fused-ring (bicyclic) bond motifs is 1. The molecule has 2 N–H and O–H groups in total. The molecule has 0 amide bonds. The van der Waals surface area contributed by atoms with E-state index in [9.17, 15) is 0 Å². The van der Waals surface area contributed by atoms with E-state index in [4.69, 9.17) is 15.2 Å². The van der Waals surface area contributed by atoms with Gasteiger partial charge in [-0.25, -0.2) is 0 Å². The van der Waals surface area contributed by atoms with Gasteiger partial charge in [-0.2, -0.15) is 0 Å². The second kappa shape index (κ2) is 4.07. The van der Waals surface area contributed by atoms with E-state index in [1.165, 1.54) is 12.8 Å². The van der Waals surface area contributed by atoms with Crippen molar-refractivity contribution in [2.24, 2.45) is 11.7 Å². The van der Waals surface area contributed by atoms with Crippen molar-refractivity contribution in [3.63, 3.8) is 0 Å². The number of hydrogen-bond acceptors (Lipinski definition) is 3. The van der Waals surface area contributed by atoms with Crippen molar-refractivity contribution in [1.82, 2.24) is 0 Å². The van der Waals surface area contributed by atoms with Crippen molar-refractivity contribution in [1.29, 1.82) is 0 Å². The third kappa shape index (κ3) is 1.93. The molecule has 16 heavy (non-hydrogen) atoms. The highest BCUT2D eigenvalue weighted by atomic mass is 16.5. The van der Waals surface area contributed by atoms with E-state index < -0.39 is 0 Å². The molecule has 1 saturated carbocycles. The molecular formula is C13H17NO2. The standard InChI is InChI=1S/C13H17NO2/c14-13-10-3-1-2-4-11(10)16-8-12(13)15-7-9-5-6-9/h1-4,9,12-13H,5-8,14H2/t12-,13-/m0/s1. The van der Waals surface area contributed by atoms with Crippen LogP contribution in [-0.2, 0) is 4.74 Å². The maximum atomic E-state index is 6.19. The Morgan fingerprint density at radius 1 is 1.31 bits per heavy atom. The quantitative estimate of drug-likeness (QED) is 0.844. The Morgan fingerprint density at radius 2 is 2.12 bits per heavy atom. The molecule has 1 aromatic carbocycles. The fourth-order valence-corrected chi connectivity index (χ4v) is 2.06. The molecule has 0 aromatic heterocycles. The van der Waals surface area contributed by atoms with Crippen molar-refractivity contribution >= 4 is 0 Å². The molecule has 0 spiro atoms. The summed E-state index contributed by atoms with van der Waals surface area (Å²) in [5.74, 6) is 1.67. The largest absolute Gasteiger partial charge is 0.490 e. The maximum Gasteiger partial charge on any atom is 0.124 e. The van der Waals surface area contributed by atoms with Crippen LogP contribution in [0, 0.1) is 5.92 Å². The Labute approximate surface area is 95.5 Å². The van der Waals surface area contributed by atoms with Crippen LogP contribution in [0.25, 0.3) is 0 Å². The fourth-order valence-electron chi connectivity index (χ4n) is 2.06. The molecule has 0 bridgehead atoms. The number of ether oxygens (including phenoxy) is 2. The lowest BCUT2D eigenvalue weighted by Crippen LogP contribution is -2.38. The Bertz CT molecular complexity index is 376. The lowest BCUT2D eigenvalue weighted by molar-refractivity contribution is -0.0115. The molecular weight excluding hydrogens is 202 g/mol. The summed E-state index contributed by atoms with van der Waals surface area (Å²) in [5.41, 5.74) is 7.26. The first-order chi connectivity index (χ1) is 7.84. The molecule has 1 aliphatic carbocycles. The van der Waals surface area contributed by atoms with E-state index in [0.717, 1.165) is 23.8 Å². The van der Waals surface area contributed by atoms with Gasteiger partial charge in [-0.05, 0) is 24.8 Å². The van der Waals surface area contributed by atoms with E-state index in [-0.39, 0.29) is 12.1 Å². The average molecular weight is 219 g/mol. The Kier molecular flexibility index (Phi) is 2.58. The first-order valence-corrected chi connectivity index (χ1v) is 5.93. The van der Waals surface area contributed by atoms with Crippen LogP contribution >= 0.6 is 0 Å². The molecule has 0 saturated heterocycles. The lowest BCUT2D eigenvalue weighted by Gasteiger charge is -2.31. The van der Waals surface area contributed by atoms with Crippen LogP contribution < -0.4 is 10.5 Å². The molecule has 86 valence electrons. The van der Waals surface area contributed by atoms with Crippen molar-refractivity contribution < 1.29 is 9.47 Å². The minimum absolute atomic E-state index is 0.00972. The molecule has 2 atom stereocenters. The van der Waals surface area contributed by atoms with E-state index >= 15 is 0 Å². The second-order valence-corrected chi connectivity index (χ2v) is 4.69. The van der Waals surface area contributed by atoms with Gasteiger partial charge in [-0.1, -0.05) is 18.2 Å². The molecule has 2 aliphatic rings. The monoisotopic (exact) mass is 219 g/mol. The van der Waals surface area contributed by atoms with Crippen LogP contribution in [0.1, 0.15) is 24.4 Å². The molecule has 0 radical (unpaired) electrons. The minimum atomic E-state index is -0.0521. The molecule has 3 rings (SSSR count). The van der Waals surface area contributed by atoms with Gasteiger partial charge in [-0.15, -0.1) is 0 Å². The Balaban J connectivity index is 1.70. The van der Waals surface area contributed by atoms with Gasteiger partial charge in [0.2, 0.25) is 0 Å². The SMILES string of the molecule is N[C@H]1c2ccccc2OC[C@@H]1OCC1CC1. The first-order valence-electron chi connectivity index (χ1n) is 5.93. The van der Waals surface area contributed by atoms with Crippen LogP contribution in [0.5, 0.6) is 5.75 Å². The third-order valence-corrected chi connectivity index (χ3v) is 3.32. The lowest BCUT2D eigenvalue weighted by atomic mass is 9.99. The highest BCUT2D eigenvalue weighted by Crippen LogP contribution is 2.34. The predicted molar refractivity (Wildman–Crippen MR) is 61.3 cm³/mol. The number of benzene rings is 1. The normalized spacial score (nSPS) is 28.3. The van der Waals surface area contributed by atoms with E-state index in [2.05, 4.69) is 0 Å². The first kappa shape index (κ1) is 10.1. The van der Waals surface area contributed by atoms with Crippen molar-refractivity contribution in [3.8, 4) is 5.75 Å². The van der Waals surface area contributed by atoms with Crippen molar-refractivity contribution in [3.05, 3.63) is 29.8 Å². The highest BCUT2D eigenvalue weighted by molar-refractivity contribution is 5.38. The Hall–Kier alpha value is -1.06. The van der Waals surface area contributed by atoms with Gasteiger partial charge in [-0.3, -0.25) is 0 Å². The number of nitrogens with two attached hydrogens (primary N) is 1. The van der Waals surface area contributed by atoms with Crippen molar-refractivity contribution in [2.75, 3.05) is 13.2 Å². The molecule has 1 aliphatic heterocycles. The number of para-hydroxylation sites is 1. The number of hydrogen-bond donors (Lipinski definition) is 1. The highest BCUT2D eigenvalue weighted by Gasteiger charge is 2.30. The summed E-state index contributed by atoms with van der Waals surface area (Å²) < 4.78 is 11.5. The minimum Gasteiger partial charge on any atom is -0.490 e. The predicted octanol–water partition coefficient (Wildman–Crippen LogP) is 1.87. The summed E-state index contributed by atoms with van der Waals surface area (Å²) in [5, 5.41) is 0. The number of rotatable bonds is 3. The summed E-state index contributed by atoms with van der Waals surface area (Å²) in [4.78, 5) is 0. The van der Waals surface area contributed by atoms with Gasteiger partial charge in [0.25, 0.3) is 0 Å². The molecule has 3 nitrogen and oxygen atoms in total. The molecule has 3 heteroatoms.